The zero-order valence-corrected chi connectivity index (χ0v) is 15.4. The molecule has 0 aliphatic carbocycles. The number of benzene rings is 2. The molecular formula is C20H21N3O5. The van der Waals surface area contributed by atoms with Crippen LogP contribution in [0, 0.1) is 0 Å². The van der Waals surface area contributed by atoms with Gasteiger partial charge in [-0.2, -0.15) is 0 Å². The predicted octanol–water partition coefficient (Wildman–Crippen LogP) is 1.54. The van der Waals surface area contributed by atoms with E-state index in [1.54, 1.807) is 55.6 Å². The average molecular weight is 383 g/mol. The predicted molar refractivity (Wildman–Crippen MR) is 104 cm³/mol. The van der Waals surface area contributed by atoms with Gasteiger partial charge in [-0.15, -0.1) is 0 Å². The van der Waals surface area contributed by atoms with Crippen LogP contribution in [0.1, 0.15) is 5.56 Å². The second-order valence-electron chi connectivity index (χ2n) is 6.19. The quantitative estimate of drug-likeness (QED) is 0.575. The van der Waals surface area contributed by atoms with Crippen LogP contribution in [0.3, 0.4) is 0 Å². The molecule has 1 heterocycles. The number of nitrogens with zero attached hydrogens (tertiary/aromatic N) is 1. The Balaban J connectivity index is 1.58. The number of para-hydroxylation sites is 2. The molecule has 0 atom stereocenters. The Labute approximate surface area is 161 Å². The lowest BCUT2D eigenvalue weighted by atomic mass is 10.1. The van der Waals surface area contributed by atoms with E-state index >= 15 is 0 Å². The number of anilines is 1. The van der Waals surface area contributed by atoms with Crippen molar-refractivity contribution < 1.29 is 18.7 Å². The van der Waals surface area contributed by atoms with Crippen LogP contribution in [0.4, 0.5) is 5.69 Å². The molecule has 8 heteroatoms. The number of carbonyl (C=O) groups is 2. The van der Waals surface area contributed by atoms with Gasteiger partial charge in [0.1, 0.15) is 6.54 Å². The van der Waals surface area contributed by atoms with Crippen molar-refractivity contribution in [2.75, 3.05) is 25.6 Å². The van der Waals surface area contributed by atoms with E-state index in [9.17, 15) is 14.4 Å². The standard InChI is InChI=1S/C20H21N3O5/c1-27-11-10-21-18(24)12-14-6-8-15(9-7-14)22-19(25)13-23-16-4-2-3-5-17(16)28-20(23)26/h2-9H,10-13H2,1H3,(H,21,24)(H,22,25). The van der Waals surface area contributed by atoms with E-state index < -0.39 is 5.76 Å². The number of fused-ring (bicyclic) bond motifs is 1. The number of methoxy groups -OCH3 is 1. The third-order valence-electron chi connectivity index (χ3n) is 4.11. The van der Waals surface area contributed by atoms with Crippen LogP contribution in [0.25, 0.3) is 11.1 Å². The van der Waals surface area contributed by atoms with Gasteiger partial charge in [0, 0.05) is 19.3 Å². The second kappa shape index (κ2) is 9.01. The van der Waals surface area contributed by atoms with Crippen molar-refractivity contribution in [2.45, 2.75) is 13.0 Å². The number of carbonyl (C=O) groups excluding carboxylic acids is 2. The highest BCUT2D eigenvalue weighted by atomic mass is 16.5. The summed E-state index contributed by atoms with van der Waals surface area (Å²) in [6.07, 6.45) is 0.244. The molecule has 2 amide bonds. The van der Waals surface area contributed by atoms with Gasteiger partial charge >= 0.3 is 5.76 Å². The molecule has 0 unspecified atom stereocenters. The van der Waals surface area contributed by atoms with Crippen LogP contribution in [0.2, 0.25) is 0 Å². The van der Waals surface area contributed by atoms with Crippen LogP contribution in [0.15, 0.2) is 57.7 Å². The van der Waals surface area contributed by atoms with Gasteiger partial charge in [-0.05, 0) is 29.8 Å². The summed E-state index contributed by atoms with van der Waals surface area (Å²) < 4.78 is 11.3. The third kappa shape index (κ3) is 4.86. The summed E-state index contributed by atoms with van der Waals surface area (Å²) in [5.74, 6) is -1.02. The third-order valence-corrected chi connectivity index (χ3v) is 4.11. The van der Waals surface area contributed by atoms with Crippen molar-refractivity contribution in [2.24, 2.45) is 0 Å². The highest BCUT2D eigenvalue weighted by Crippen LogP contribution is 2.13. The SMILES string of the molecule is COCCNC(=O)Cc1ccc(NC(=O)Cn2c(=O)oc3ccccc32)cc1. The molecule has 0 aliphatic heterocycles. The van der Waals surface area contributed by atoms with E-state index in [1.165, 1.54) is 4.57 Å². The van der Waals surface area contributed by atoms with E-state index in [0.717, 1.165) is 5.56 Å². The van der Waals surface area contributed by atoms with Gasteiger partial charge in [0.05, 0.1) is 18.5 Å². The lowest BCUT2D eigenvalue weighted by Gasteiger charge is -2.08. The topological polar surface area (TPSA) is 103 Å². The number of hydrogen-bond acceptors (Lipinski definition) is 5. The molecule has 2 N–H and O–H groups in total. The summed E-state index contributed by atoms with van der Waals surface area (Å²) in [4.78, 5) is 36.0. The molecule has 146 valence electrons. The summed E-state index contributed by atoms with van der Waals surface area (Å²) in [5.41, 5.74) is 2.41. The molecule has 0 spiro atoms. The second-order valence-corrected chi connectivity index (χ2v) is 6.19. The fourth-order valence-electron chi connectivity index (χ4n) is 2.75. The highest BCUT2D eigenvalue weighted by Gasteiger charge is 2.12. The first kappa shape index (κ1) is 19.4. The van der Waals surface area contributed by atoms with Gasteiger partial charge in [-0.1, -0.05) is 24.3 Å². The summed E-state index contributed by atoms with van der Waals surface area (Å²) in [6, 6.07) is 13.9. The maximum Gasteiger partial charge on any atom is 0.420 e. The summed E-state index contributed by atoms with van der Waals surface area (Å²) >= 11 is 0. The average Bonchev–Trinajstić information content (AvgIpc) is 2.99. The lowest BCUT2D eigenvalue weighted by Crippen LogP contribution is -2.28. The van der Waals surface area contributed by atoms with Crippen molar-refractivity contribution >= 4 is 28.6 Å². The fourth-order valence-corrected chi connectivity index (χ4v) is 2.75. The van der Waals surface area contributed by atoms with Gasteiger partial charge in [0.2, 0.25) is 11.8 Å². The van der Waals surface area contributed by atoms with Gasteiger partial charge in [0.25, 0.3) is 0 Å². The Kier molecular flexibility index (Phi) is 6.23. The van der Waals surface area contributed by atoms with Crippen LogP contribution < -0.4 is 16.4 Å². The van der Waals surface area contributed by atoms with E-state index in [2.05, 4.69) is 10.6 Å². The Bertz CT molecular complexity index is 1020. The van der Waals surface area contributed by atoms with E-state index in [4.69, 9.17) is 9.15 Å². The molecule has 28 heavy (non-hydrogen) atoms. The summed E-state index contributed by atoms with van der Waals surface area (Å²) in [5, 5.41) is 5.49. The molecule has 0 saturated heterocycles. The van der Waals surface area contributed by atoms with Gasteiger partial charge in [-0.3, -0.25) is 14.2 Å². The molecule has 0 radical (unpaired) electrons. The van der Waals surface area contributed by atoms with Crippen LogP contribution in [-0.4, -0.2) is 36.6 Å². The number of nitrogens with one attached hydrogen (secondary N) is 2. The van der Waals surface area contributed by atoms with Crippen LogP contribution in [0.5, 0.6) is 0 Å². The number of oxazole rings is 1. The smallest absolute Gasteiger partial charge is 0.408 e. The van der Waals surface area contributed by atoms with Gasteiger partial charge < -0.3 is 19.8 Å². The van der Waals surface area contributed by atoms with Crippen molar-refractivity contribution in [1.82, 2.24) is 9.88 Å². The molecule has 1 aromatic heterocycles. The highest BCUT2D eigenvalue weighted by molar-refractivity contribution is 5.91. The maximum absolute atomic E-state index is 12.3. The molecule has 3 rings (SSSR count). The zero-order chi connectivity index (χ0) is 19.9. The molecule has 0 aliphatic rings. The summed E-state index contributed by atoms with van der Waals surface area (Å²) in [6.45, 7) is 0.775. The number of rotatable bonds is 8. The van der Waals surface area contributed by atoms with Gasteiger partial charge in [-0.25, -0.2) is 4.79 Å². The molecule has 0 saturated carbocycles. The van der Waals surface area contributed by atoms with Crippen molar-refractivity contribution in [1.29, 1.82) is 0 Å². The van der Waals surface area contributed by atoms with Crippen molar-refractivity contribution in [3.05, 3.63) is 64.6 Å². The number of hydrogen-bond donors (Lipinski definition) is 2. The summed E-state index contributed by atoms with van der Waals surface area (Å²) in [7, 11) is 1.57. The normalized spacial score (nSPS) is 10.8. The van der Waals surface area contributed by atoms with Crippen LogP contribution >= 0.6 is 0 Å². The van der Waals surface area contributed by atoms with Crippen LogP contribution in [-0.2, 0) is 27.3 Å². The Hall–Kier alpha value is -3.39. The first-order valence-electron chi connectivity index (χ1n) is 8.79. The Morgan fingerprint density at radius 3 is 2.57 bits per heavy atom. The van der Waals surface area contributed by atoms with Gasteiger partial charge in [0.15, 0.2) is 5.58 Å². The Morgan fingerprint density at radius 1 is 1.07 bits per heavy atom. The molecular weight excluding hydrogens is 362 g/mol. The maximum atomic E-state index is 12.3. The molecule has 0 bridgehead atoms. The largest absolute Gasteiger partial charge is 0.420 e. The fraction of sp³-hybridized carbons (Fsp3) is 0.250. The molecule has 2 aromatic carbocycles. The monoisotopic (exact) mass is 383 g/mol. The molecule has 3 aromatic rings. The van der Waals surface area contributed by atoms with Crippen molar-refractivity contribution in [3.63, 3.8) is 0 Å². The molecule has 0 fully saturated rings. The first-order chi connectivity index (χ1) is 13.6. The molecule has 8 nitrogen and oxygen atoms in total. The minimum Gasteiger partial charge on any atom is -0.408 e. The van der Waals surface area contributed by atoms with E-state index in [-0.39, 0.29) is 24.8 Å². The Morgan fingerprint density at radius 2 is 1.82 bits per heavy atom. The zero-order valence-electron chi connectivity index (χ0n) is 15.4. The number of aromatic nitrogens is 1. The number of amides is 2. The lowest BCUT2D eigenvalue weighted by molar-refractivity contribution is -0.120. The van der Waals surface area contributed by atoms with E-state index in [0.29, 0.717) is 29.9 Å². The van der Waals surface area contributed by atoms with E-state index in [1.807, 2.05) is 0 Å². The first-order valence-corrected chi connectivity index (χ1v) is 8.79. The van der Waals surface area contributed by atoms with Crippen molar-refractivity contribution in [3.8, 4) is 0 Å². The minimum atomic E-state index is -0.578. The minimum absolute atomic E-state index is 0.0972. The number of ether oxygens (including phenoxy) is 1.